The second kappa shape index (κ2) is 7.70. The number of rotatable bonds is 3. The van der Waals surface area contributed by atoms with Gasteiger partial charge in [0.1, 0.15) is 0 Å². The molecular formula is C36H31N. The number of anilines is 2. The predicted molar refractivity (Wildman–Crippen MR) is 157 cm³/mol. The number of hydrogen-bond acceptors (Lipinski definition) is 1. The van der Waals surface area contributed by atoms with Crippen molar-refractivity contribution in [1.29, 1.82) is 0 Å². The molecule has 1 N–H and O–H groups in total. The molecule has 0 amide bonds. The van der Waals surface area contributed by atoms with Crippen molar-refractivity contribution in [2.75, 3.05) is 5.32 Å². The summed E-state index contributed by atoms with van der Waals surface area (Å²) in [5.74, 6) is 0. The first-order valence-corrected chi connectivity index (χ1v) is 13.2. The maximum Gasteiger partial charge on any atom is 0.0431 e. The van der Waals surface area contributed by atoms with Crippen molar-refractivity contribution in [3.8, 4) is 33.4 Å². The summed E-state index contributed by atoms with van der Waals surface area (Å²) in [5, 5.41) is 3.83. The smallest absolute Gasteiger partial charge is 0.0431 e. The lowest BCUT2D eigenvalue weighted by atomic mass is 9.81. The Kier molecular flexibility index (Phi) is 4.60. The Balaban J connectivity index is 1.30. The van der Waals surface area contributed by atoms with Crippen LogP contribution in [0.2, 0.25) is 0 Å². The van der Waals surface area contributed by atoms with Crippen LogP contribution >= 0.6 is 0 Å². The van der Waals surface area contributed by atoms with E-state index in [1.807, 2.05) is 0 Å². The van der Waals surface area contributed by atoms with E-state index in [2.05, 4.69) is 142 Å². The fourth-order valence-electron chi connectivity index (χ4n) is 6.75. The van der Waals surface area contributed by atoms with Crippen molar-refractivity contribution < 1.29 is 0 Å². The Morgan fingerprint density at radius 2 is 1.16 bits per heavy atom. The molecule has 37 heavy (non-hydrogen) atoms. The molecule has 180 valence electrons. The molecule has 0 saturated heterocycles. The zero-order chi connectivity index (χ0) is 25.4. The molecule has 0 unspecified atom stereocenters. The molecule has 1 nitrogen and oxygen atoms in total. The zero-order valence-electron chi connectivity index (χ0n) is 21.9. The highest BCUT2D eigenvalue weighted by molar-refractivity contribution is 5.89. The van der Waals surface area contributed by atoms with Crippen LogP contribution in [-0.4, -0.2) is 0 Å². The minimum atomic E-state index is -0.0499. The van der Waals surface area contributed by atoms with Crippen molar-refractivity contribution in [1.82, 2.24) is 0 Å². The van der Waals surface area contributed by atoms with Gasteiger partial charge in [0.15, 0.2) is 0 Å². The standard InChI is InChI=1S/C36H31N/c1-35(2)31-20-17-24(23-11-6-5-7-12-23)21-29(31)27-19-18-25(22-32(27)35)37-33-16-10-14-28-26-13-8-9-15-30(26)36(3,4)34(28)33/h5-22,37H,1-4H3. The summed E-state index contributed by atoms with van der Waals surface area (Å²) in [5.41, 5.74) is 15.7. The van der Waals surface area contributed by atoms with Gasteiger partial charge in [0.05, 0.1) is 0 Å². The number of fused-ring (bicyclic) bond motifs is 6. The SMILES string of the molecule is CC1(C)c2ccc(-c3ccccc3)cc2-c2ccc(Nc3cccc4c3C(C)(C)c3ccccc3-4)cc21. The van der Waals surface area contributed by atoms with Crippen LogP contribution < -0.4 is 5.32 Å². The maximum absolute atomic E-state index is 3.83. The van der Waals surface area contributed by atoms with Gasteiger partial charge in [0.25, 0.3) is 0 Å². The topological polar surface area (TPSA) is 12.0 Å². The van der Waals surface area contributed by atoms with Crippen molar-refractivity contribution in [3.63, 3.8) is 0 Å². The predicted octanol–water partition coefficient (Wildman–Crippen LogP) is 9.71. The van der Waals surface area contributed by atoms with Gasteiger partial charge in [-0.05, 0) is 79.9 Å². The largest absolute Gasteiger partial charge is 0.355 e. The third-order valence-corrected chi connectivity index (χ3v) is 8.64. The molecule has 5 aromatic carbocycles. The highest BCUT2D eigenvalue weighted by Gasteiger charge is 2.38. The molecule has 0 aromatic heterocycles. The lowest BCUT2D eigenvalue weighted by Gasteiger charge is -2.25. The van der Waals surface area contributed by atoms with E-state index in [1.54, 1.807) is 0 Å². The Bertz CT molecular complexity index is 1690. The van der Waals surface area contributed by atoms with E-state index in [1.165, 1.54) is 61.3 Å². The molecule has 0 spiro atoms. The Morgan fingerprint density at radius 1 is 0.459 bits per heavy atom. The summed E-state index contributed by atoms with van der Waals surface area (Å²) >= 11 is 0. The van der Waals surface area contributed by atoms with Gasteiger partial charge in [-0.2, -0.15) is 0 Å². The zero-order valence-corrected chi connectivity index (χ0v) is 21.9. The van der Waals surface area contributed by atoms with E-state index in [4.69, 9.17) is 0 Å². The maximum atomic E-state index is 3.83. The van der Waals surface area contributed by atoms with Gasteiger partial charge in [0, 0.05) is 22.2 Å². The lowest BCUT2D eigenvalue weighted by molar-refractivity contribution is 0.660. The van der Waals surface area contributed by atoms with Gasteiger partial charge in [-0.15, -0.1) is 0 Å². The van der Waals surface area contributed by atoms with Crippen LogP contribution in [-0.2, 0) is 10.8 Å². The van der Waals surface area contributed by atoms with E-state index in [-0.39, 0.29) is 10.8 Å². The molecular weight excluding hydrogens is 446 g/mol. The normalized spacial score (nSPS) is 15.5. The molecule has 2 aliphatic carbocycles. The Morgan fingerprint density at radius 3 is 2.00 bits per heavy atom. The summed E-state index contributed by atoms with van der Waals surface area (Å²) in [7, 11) is 0. The van der Waals surface area contributed by atoms with E-state index >= 15 is 0 Å². The van der Waals surface area contributed by atoms with Crippen molar-refractivity contribution in [2.24, 2.45) is 0 Å². The molecule has 0 radical (unpaired) electrons. The first kappa shape index (κ1) is 22.1. The Hall–Kier alpha value is -4.10. The summed E-state index contributed by atoms with van der Waals surface area (Å²) < 4.78 is 0. The minimum absolute atomic E-state index is 0.0460. The molecule has 0 atom stereocenters. The Labute approximate surface area is 219 Å². The quantitative estimate of drug-likeness (QED) is 0.273. The fraction of sp³-hybridized carbons (Fsp3) is 0.167. The van der Waals surface area contributed by atoms with Crippen LogP contribution in [0.3, 0.4) is 0 Å². The van der Waals surface area contributed by atoms with E-state index < -0.39 is 0 Å². The molecule has 0 aliphatic heterocycles. The summed E-state index contributed by atoms with van der Waals surface area (Å²) in [6, 6.07) is 40.1. The van der Waals surface area contributed by atoms with Gasteiger partial charge in [-0.3, -0.25) is 0 Å². The van der Waals surface area contributed by atoms with Crippen LogP contribution in [0.1, 0.15) is 49.9 Å². The third kappa shape index (κ3) is 3.17. The van der Waals surface area contributed by atoms with E-state index in [0.717, 1.165) is 5.69 Å². The van der Waals surface area contributed by atoms with Crippen LogP contribution in [0.25, 0.3) is 33.4 Å². The fourth-order valence-corrected chi connectivity index (χ4v) is 6.75. The van der Waals surface area contributed by atoms with Crippen molar-refractivity contribution in [2.45, 2.75) is 38.5 Å². The molecule has 0 saturated carbocycles. The van der Waals surface area contributed by atoms with Gasteiger partial charge in [-0.1, -0.05) is 113 Å². The highest BCUT2D eigenvalue weighted by atomic mass is 14.9. The number of benzene rings is 5. The minimum Gasteiger partial charge on any atom is -0.355 e. The molecule has 0 heterocycles. The van der Waals surface area contributed by atoms with Crippen LogP contribution in [0.15, 0.2) is 109 Å². The van der Waals surface area contributed by atoms with Gasteiger partial charge >= 0.3 is 0 Å². The van der Waals surface area contributed by atoms with Gasteiger partial charge in [-0.25, -0.2) is 0 Å². The molecule has 0 bridgehead atoms. The number of nitrogens with one attached hydrogen (secondary N) is 1. The highest BCUT2D eigenvalue weighted by Crippen LogP contribution is 2.53. The lowest BCUT2D eigenvalue weighted by Crippen LogP contribution is -2.17. The van der Waals surface area contributed by atoms with Crippen LogP contribution in [0, 0.1) is 0 Å². The second-order valence-corrected chi connectivity index (χ2v) is 11.5. The molecule has 1 heteroatoms. The van der Waals surface area contributed by atoms with Gasteiger partial charge < -0.3 is 5.32 Å². The average molecular weight is 478 g/mol. The first-order valence-electron chi connectivity index (χ1n) is 13.2. The van der Waals surface area contributed by atoms with Gasteiger partial charge in [0.2, 0.25) is 0 Å². The van der Waals surface area contributed by atoms with Crippen molar-refractivity contribution >= 4 is 11.4 Å². The van der Waals surface area contributed by atoms with Crippen LogP contribution in [0.4, 0.5) is 11.4 Å². The molecule has 5 aromatic rings. The summed E-state index contributed by atoms with van der Waals surface area (Å²) in [4.78, 5) is 0. The third-order valence-electron chi connectivity index (χ3n) is 8.64. The van der Waals surface area contributed by atoms with E-state index in [0.29, 0.717) is 0 Å². The van der Waals surface area contributed by atoms with Crippen LogP contribution in [0.5, 0.6) is 0 Å². The number of hydrogen-bond donors (Lipinski definition) is 1. The monoisotopic (exact) mass is 477 g/mol. The second-order valence-electron chi connectivity index (χ2n) is 11.5. The molecule has 7 rings (SSSR count). The summed E-state index contributed by atoms with van der Waals surface area (Å²) in [6.07, 6.45) is 0. The first-order chi connectivity index (χ1) is 17.9. The molecule has 2 aliphatic rings. The van der Waals surface area contributed by atoms with Crippen molar-refractivity contribution in [3.05, 3.63) is 131 Å². The van der Waals surface area contributed by atoms with E-state index in [9.17, 15) is 0 Å². The average Bonchev–Trinajstić information content (AvgIpc) is 3.29. The summed E-state index contributed by atoms with van der Waals surface area (Å²) in [6.45, 7) is 9.39. The molecule has 0 fully saturated rings.